The summed E-state index contributed by atoms with van der Waals surface area (Å²) in [6, 6.07) is 15.5. The minimum Gasteiger partial charge on any atom is -0.384 e. The first-order valence-electron chi connectivity index (χ1n) is 6.42. The van der Waals surface area contributed by atoms with E-state index in [-0.39, 0.29) is 5.41 Å². The Hall–Kier alpha value is -1.31. The van der Waals surface area contributed by atoms with E-state index < -0.39 is 6.10 Å². The van der Waals surface area contributed by atoms with Gasteiger partial charge in [0.25, 0.3) is 0 Å². The maximum absolute atomic E-state index is 10.4. The SMILES string of the molecule is CC(C)(C)c1ccc(C(O)c2ccccc2)c(Cl)c1. The Labute approximate surface area is 119 Å². The van der Waals surface area contributed by atoms with Crippen molar-refractivity contribution < 1.29 is 5.11 Å². The molecule has 0 aliphatic heterocycles. The van der Waals surface area contributed by atoms with E-state index in [1.807, 2.05) is 48.5 Å². The first-order chi connectivity index (χ1) is 8.89. The van der Waals surface area contributed by atoms with Crippen LogP contribution >= 0.6 is 11.6 Å². The molecule has 0 aliphatic rings. The Morgan fingerprint density at radius 1 is 1.00 bits per heavy atom. The molecule has 0 saturated carbocycles. The average Bonchev–Trinajstić information content (AvgIpc) is 2.38. The Kier molecular flexibility index (Phi) is 3.98. The summed E-state index contributed by atoms with van der Waals surface area (Å²) in [4.78, 5) is 0. The van der Waals surface area contributed by atoms with Crippen molar-refractivity contribution in [3.05, 3.63) is 70.2 Å². The van der Waals surface area contributed by atoms with Crippen LogP contribution in [0.5, 0.6) is 0 Å². The Bertz CT molecular complexity index is 555. The lowest BCUT2D eigenvalue weighted by Gasteiger charge is -2.21. The number of benzene rings is 2. The van der Waals surface area contributed by atoms with Crippen molar-refractivity contribution in [2.45, 2.75) is 32.3 Å². The Morgan fingerprint density at radius 2 is 1.63 bits per heavy atom. The van der Waals surface area contributed by atoms with E-state index in [0.717, 1.165) is 11.1 Å². The van der Waals surface area contributed by atoms with Gasteiger partial charge in [-0.15, -0.1) is 0 Å². The van der Waals surface area contributed by atoms with Gasteiger partial charge in [0.05, 0.1) is 0 Å². The molecule has 0 saturated heterocycles. The van der Waals surface area contributed by atoms with Crippen LogP contribution in [-0.2, 0) is 5.41 Å². The van der Waals surface area contributed by atoms with Crippen molar-refractivity contribution in [1.82, 2.24) is 0 Å². The lowest BCUT2D eigenvalue weighted by Crippen LogP contribution is -2.11. The molecule has 1 atom stereocenters. The molecule has 0 spiro atoms. The third-order valence-corrected chi connectivity index (χ3v) is 3.60. The Balaban J connectivity index is 2.37. The lowest BCUT2D eigenvalue weighted by atomic mass is 9.86. The van der Waals surface area contributed by atoms with Crippen molar-refractivity contribution in [2.75, 3.05) is 0 Å². The maximum Gasteiger partial charge on any atom is 0.105 e. The van der Waals surface area contributed by atoms with Gasteiger partial charge in [0.2, 0.25) is 0 Å². The number of aliphatic hydroxyl groups excluding tert-OH is 1. The maximum atomic E-state index is 10.4. The number of hydrogen-bond donors (Lipinski definition) is 1. The molecule has 0 aromatic heterocycles. The fraction of sp³-hybridized carbons (Fsp3) is 0.294. The summed E-state index contributed by atoms with van der Waals surface area (Å²) in [5, 5.41) is 11.0. The molecule has 1 N–H and O–H groups in total. The molecule has 0 aliphatic carbocycles. The molecule has 1 unspecified atom stereocenters. The van der Waals surface area contributed by atoms with E-state index in [1.165, 1.54) is 5.56 Å². The molecule has 2 aromatic rings. The van der Waals surface area contributed by atoms with E-state index >= 15 is 0 Å². The molecule has 2 rings (SSSR count). The summed E-state index contributed by atoms with van der Waals surface area (Å²) in [5.41, 5.74) is 2.83. The third kappa shape index (κ3) is 3.17. The summed E-state index contributed by atoms with van der Waals surface area (Å²) in [6.07, 6.45) is -0.678. The number of halogens is 1. The second-order valence-electron chi connectivity index (χ2n) is 5.80. The van der Waals surface area contributed by atoms with Crippen molar-refractivity contribution in [3.8, 4) is 0 Å². The van der Waals surface area contributed by atoms with Gasteiger partial charge in [-0.2, -0.15) is 0 Å². The first kappa shape index (κ1) is 14.1. The third-order valence-electron chi connectivity index (χ3n) is 3.28. The molecule has 0 fully saturated rings. The van der Waals surface area contributed by atoms with E-state index in [4.69, 9.17) is 11.6 Å². The average molecular weight is 275 g/mol. The number of aliphatic hydroxyl groups is 1. The highest BCUT2D eigenvalue weighted by molar-refractivity contribution is 6.31. The van der Waals surface area contributed by atoms with Gasteiger partial charge in [-0.05, 0) is 22.6 Å². The van der Waals surface area contributed by atoms with Crippen LogP contribution in [0.1, 0.15) is 43.6 Å². The predicted molar refractivity (Wildman–Crippen MR) is 80.7 cm³/mol. The molecule has 2 heteroatoms. The monoisotopic (exact) mass is 274 g/mol. The predicted octanol–water partition coefficient (Wildman–Crippen LogP) is 4.72. The summed E-state index contributed by atoms with van der Waals surface area (Å²) < 4.78 is 0. The normalized spacial score (nSPS) is 13.3. The minimum atomic E-state index is -0.678. The second-order valence-corrected chi connectivity index (χ2v) is 6.21. The fourth-order valence-corrected chi connectivity index (χ4v) is 2.31. The van der Waals surface area contributed by atoms with Crippen molar-refractivity contribution in [3.63, 3.8) is 0 Å². The van der Waals surface area contributed by atoms with Crippen LogP contribution in [0.25, 0.3) is 0 Å². The van der Waals surface area contributed by atoms with Crippen molar-refractivity contribution >= 4 is 11.6 Å². The van der Waals surface area contributed by atoms with E-state index in [9.17, 15) is 5.11 Å². The van der Waals surface area contributed by atoms with Gasteiger partial charge in [0.15, 0.2) is 0 Å². The summed E-state index contributed by atoms with van der Waals surface area (Å²) >= 11 is 6.32. The lowest BCUT2D eigenvalue weighted by molar-refractivity contribution is 0.220. The smallest absolute Gasteiger partial charge is 0.105 e. The topological polar surface area (TPSA) is 20.2 Å². The highest BCUT2D eigenvalue weighted by Gasteiger charge is 2.18. The van der Waals surface area contributed by atoms with Crippen LogP contribution in [0.15, 0.2) is 48.5 Å². The van der Waals surface area contributed by atoms with Gasteiger partial charge in [0, 0.05) is 10.6 Å². The zero-order chi connectivity index (χ0) is 14.0. The molecular formula is C17H19ClO. The number of rotatable bonds is 2. The number of hydrogen-bond acceptors (Lipinski definition) is 1. The minimum absolute atomic E-state index is 0.0554. The first-order valence-corrected chi connectivity index (χ1v) is 6.80. The molecule has 0 amide bonds. The largest absolute Gasteiger partial charge is 0.384 e. The standard InChI is InChI=1S/C17H19ClO/c1-17(2,3)13-9-10-14(15(18)11-13)16(19)12-7-5-4-6-8-12/h4-11,16,19H,1-3H3. The quantitative estimate of drug-likeness (QED) is 0.840. The van der Waals surface area contributed by atoms with Crippen LogP contribution < -0.4 is 0 Å². The van der Waals surface area contributed by atoms with Crippen LogP contribution in [-0.4, -0.2) is 5.11 Å². The van der Waals surface area contributed by atoms with Crippen LogP contribution in [0.3, 0.4) is 0 Å². The molecule has 19 heavy (non-hydrogen) atoms. The fourth-order valence-electron chi connectivity index (χ4n) is 2.03. The van der Waals surface area contributed by atoms with E-state index in [2.05, 4.69) is 20.8 Å². The molecular weight excluding hydrogens is 256 g/mol. The van der Waals surface area contributed by atoms with Gasteiger partial charge < -0.3 is 5.11 Å². The van der Waals surface area contributed by atoms with E-state index in [1.54, 1.807) is 0 Å². The van der Waals surface area contributed by atoms with Crippen LogP contribution in [0.2, 0.25) is 5.02 Å². The van der Waals surface area contributed by atoms with Gasteiger partial charge in [-0.3, -0.25) is 0 Å². The molecule has 0 heterocycles. The molecule has 100 valence electrons. The Morgan fingerprint density at radius 3 is 2.16 bits per heavy atom. The van der Waals surface area contributed by atoms with Gasteiger partial charge >= 0.3 is 0 Å². The van der Waals surface area contributed by atoms with E-state index in [0.29, 0.717) is 5.02 Å². The second kappa shape index (κ2) is 5.36. The highest BCUT2D eigenvalue weighted by atomic mass is 35.5. The summed E-state index contributed by atoms with van der Waals surface area (Å²) in [5.74, 6) is 0. The highest BCUT2D eigenvalue weighted by Crippen LogP contribution is 2.32. The van der Waals surface area contributed by atoms with Gasteiger partial charge in [-0.1, -0.05) is 74.8 Å². The van der Waals surface area contributed by atoms with Gasteiger partial charge in [-0.25, -0.2) is 0 Å². The summed E-state index contributed by atoms with van der Waals surface area (Å²) in [7, 11) is 0. The van der Waals surface area contributed by atoms with Crippen LogP contribution in [0, 0.1) is 0 Å². The van der Waals surface area contributed by atoms with Crippen LogP contribution in [0.4, 0.5) is 0 Å². The zero-order valence-electron chi connectivity index (χ0n) is 11.5. The summed E-state index contributed by atoms with van der Waals surface area (Å²) in [6.45, 7) is 6.43. The van der Waals surface area contributed by atoms with Crippen molar-refractivity contribution in [1.29, 1.82) is 0 Å². The molecule has 0 bridgehead atoms. The van der Waals surface area contributed by atoms with Gasteiger partial charge in [0.1, 0.15) is 6.10 Å². The zero-order valence-corrected chi connectivity index (χ0v) is 12.3. The molecule has 0 radical (unpaired) electrons. The van der Waals surface area contributed by atoms with Crippen molar-refractivity contribution in [2.24, 2.45) is 0 Å². The molecule has 2 aromatic carbocycles. The molecule has 1 nitrogen and oxygen atoms in total.